The van der Waals surface area contributed by atoms with E-state index in [9.17, 15) is 9.18 Å². The van der Waals surface area contributed by atoms with Gasteiger partial charge in [-0.15, -0.1) is 0 Å². The van der Waals surface area contributed by atoms with Gasteiger partial charge in [-0.3, -0.25) is 15.2 Å². The van der Waals surface area contributed by atoms with E-state index in [1.165, 1.54) is 17.4 Å². The van der Waals surface area contributed by atoms with Gasteiger partial charge in [-0.2, -0.15) is 5.10 Å². The average Bonchev–Trinajstić information content (AvgIpc) is 3.18. The fraction of sp³-hybridized carbons (Fsp3) is 0.167. The van der Waals surface area contributed by atoms with Crippen molar-refractivity contribution in [1.82, 2.24) is 20.5 Å². The number of hydrogen-bond acceptors (Lipinski definition) is 5. The Bertz CT molecular complexity index is 1050. The number of halogens is 1. The van der Waals surface area contributed by atoms with Crippen LogP contribution in [0.2, 0.25) is 0 Å². The van der Waals surface area contributed by atoms with E-state index in [2.05, 4.69) is 39.0 Å². The Morgan fingerprint density at radius 3 is 2.92 bits per heavy atom. The molecule has 0 aliphatic rings. The molecule has 3 aromatic rings. The fourth-order valence-electron chi connectivity index (χ4n) is 2.43. The van der Waals surface area contributed by atoms with Crippen LogP contribution in [0.1, 0.15) is 13.8 Å². The van der Waals surface area contributed by atoms with Crippen molar-refractivity contribution in [2.24, 2.45) is 0 Å². The highest BCUT2D eigenvalue weighted by atomic mass is 32.1. The molecule has 0 atom stereocenters. The van der Waals surface area contributed by atoms with E-state index in [1.54, 1.807) is 20.0 Å². The second-order valence-corrected chi connectivity index (χ2v) is 7.23. The van der Waals surface area contributed by atoms with Gasteiger partial charge in [0.25, 0.3) is 5.91 Å². The van der Waals surface area contributed by atoms with Gasteiger partial charge in [0.2, 0.25) is 0 Å². The van der Waals surface area contributed by atoms with E-state index in [0.717, 1.165) is 27.2 Å². The summed E-state index contributed by atoms with van der Waals surface area (Å²) in [7, 11) is 0. The summed E-state index contributed by atoms with van der Waals surface area (Å²) in [5.74, 6) is -0.845. The van der Waals surface area contributed by atoms with Crippen LogP contribution in [-0.2, 0) is 4.79 Å². The molecule has 0 spiro atoms. The van der Waals surface area contributed by atoms with Gasteiger partial charge in [0.1, 0.15) is 11.4 Å². The van der Waals surface area contributed by atoms with Crippen molar-refractivity contribution in [3.63, 3.8) is 0 Å². The standard InChI is InChI=1S/C18H18FN5OS/c1-5-11(19)8-10(2)23-18(3,4)16(25)22-17-21-14-7-6-13-12(9-20-24-13)15(14)26-17/h5-9,23H,1-2H2,3-4H3,(H,20,24)(H,21,22,25)/b11-8+. The van der Waals surface area contributed by atoms with Crippen LogP contribution >= 0.6 is 11.3 Å². The Kier molecular flexibility index (Phi) is 4.60. The number of amides is 1. The molecular formula is C18H18FN5OS. The molecule has 2 aromatic heterocycles. The van der Waals surface area contributed by atoms with Gasteiger partial charge in [0, 0.05) is 11.1 Å². The molecular weight excluding hydrogens is 353 g/mol. The van der Waals surface area contributed by atoms with Gasteiger partial charge >= 0.3 is 0 Å². The van der Waals surface area contributed by atoms with Gasteiger partial charge in [0.05, 0.1) is 21.9 Å². The smallest absolute Gasteiger partial charge is 0.251 e. The van der Waals surface area contributed by atoms with Crippen LogP contribution in [0.25, 0.3) is 21.1 Å². The molecule has 0 fully saturated rings. The van der Waals surface area contributed by atoms with Crippen molar-refractivity contribution in [3.05, 3.63) is 55.2 Å². The molecule has 3 N–H and O–H groups in total. The van der Waals surface area contributed by atoms with Crippen LogP contribution in [0.3, 0.4) is 0 Å². The molecule has 8 heteroatoms. The second kappa shape index (κ2) is 6.72. The zero-order chi connectivity index (χ0) is 18.9. The summed E-state index contributed by atoms with van der Waals surface area (Å²) < 4.78 is 14.2. The number of hydrogen-bond donors (Lipinski definition) is 3. The Morgan fingerprint density at radius 1 is 1.42 bits per heavy atom. The molecule has 134 valence electrons. The Labute approximate surface area is 153 Å². The van der Waals surface area contributed by atoms with Gasteiger partial charge in [0.15, 0.2) is 5.13 Å². The number of rotatable bonds is 6. The molecule has 0 bridgehead atoms. The normalized spacial score (nSPS) is 12.3. The largest absolute Gasteiger partial charge is 0.372 e. The molecule has 1 amide bonds. The second-order valence-electron chi connectivity index (χ2n) is 6.23. The topological polar surface area (TPSA) is 82.7 Å². The van der Waals surface area contributed by atoms with Crippen molar-refractivity contribution in [2.45, 2.75) is 19.4 Å². The van der Waals surface area contributed by atoms with Crippen LogP contribution in [0.15, 0.2) is 55.2 Å². The van der Waals surface area contributed by atoms with Gasteiger partial charge in [-0.05, 0) is 38.1 Å². The van der Waals surface area contributed by atoms with Crippen LogP contribution in [-0.4, -0.2) is 26.6 Å². The number of H-pyrrole nitrogens is 1. The summed E-state index contributed by atoms with van der Waals surface area (Å²) in [5, 5.41) is 14.1. The lowest BCUT2D eigenvalue weighted by Crippen LogP contribution is -2.48. The van der Waals surface area contributed by atoms with E-state index < -0.39 is 11.4 Å². The van der Waals surface area contributed by atoms with Crippen molar-refractivity contribution in [3.8, 4) is 0 Å². The number of fused-ring (bicyclic) bond motifs is 3. The van der Waals surface area contributed by atoms with Crippen molar-refractivity contribution in [1.29, 1.82) is 0 Å². The lowest BCUT2D eigenvalue weighted by atomic mass is 10.0. The molecule has 0 aliphatic heterocycles. The lowest BCUT2D eigenvalue weighted by Gasteiger charge is -2.25. The summed E-state index contributed by atoms with van der Waals surface area (Å²) in [4.78, 5) is 17.1. The van der Waals surface area contributed by atoms with E-state index in [4.69, 9.17) is 0 Å². The summed E-state index contributed by atoms with van der Waals surface area (Å²) >= 11 is 1.37. The lowest BCUT2D eigenvalue weighted by molar-refractivity contribution is -0.120. The molecule has 6 nitrogen and oxygen atoms in total. The monoisotopic (exact) mass is 371 g/mol. The Morgan fingerprint density at radius 2 is 2.19 bits per heavy atom. The number of benzene rings is 1. The number of nitrogens with zero attached hydrogens (tertiary/aromatic N) is 2. The van der Waals surface area contributed by atoms with E-state index >= 15 is 0 Å². The molecule has 2 heterocycles. The summed E-state index contributed by atoms with van der Waals surface area (Å²) in [5.41, 5.74) is 0.948. The summed E-state index contributed by atoms with van der Waals surface area (Å²) in [6, 6.07) is 3.77. The third-order valence-electron chi connectivity index (χ3n) is 3.74. The van der Waals surface area contributed by atoms with E-state index in [1.807, 2.05) is 12.1 Å². The fourth-order valence-corrected chi connectivity index (χ4v) is 3.40. The molecule has 3 rings (SSSR count). The molecule has 0 unspecified atom stereocenters. The number of nitrogens with one attached hydrogen (secondary N) is 3. The number of allylic oxidation sites excluding steroid dienone is 3. The zero-order valence-electron chi connectivity index (χ0n) is 14.4. The van der Waals surface area contributed by atoms with Crippen LogP contribution in [0.4, 0.5) is 9.52 Å². The minimum atomic E-state index is -1.02. The minimum Gasteiger partial charge on any atom is -0.372 e. The van der Waals surface area contributed by atoms with Crippen LogP contribution < -0.4 is 10.6 Å². The van der Waals surface area contributed by atoms with Crippen molar-refractivity contribution < 1.29 is 9.18 Å². The first kappa shape index (κ1) is 17.8. The molecule has 26 heavy (non-hydrogen) atoms. The number of carbonyl (C=O) groups excluding carboxylic acids is 1. The van der Waals surface area contributed by atoms with Crippen molar-refractivity contribution in [2.75, 3.05) is 5.32 Å². The minimum absolute atomic E-state index is 0.270. The molecule has 0 saturated heterocycles. The highest BCUT2D eigenvalue weighted by molar-refractivity contribution is 7.23. The molecule has 1 aromatic carbocycles. The number of carbonyl (C=O) groups is 1. The predicted octanol–water partition coefficient (Wildman–Crippen LogP) is 4.03. The highest BCUT2D eigenvalue weighted by Crippen LogP contribution is 2.32. The molecule has 0 saturated carbocycles. The maximum Gasteiger partial charge on any atom is 0.251 e. The molecule has 0 aliphatic carbocycles. The van der Waals surface area contributed by atoms with Gasteiger partial charge < -0.3 is 5.32 Å². The Hall–Kier alpha value is -3.00. The number of aromatic amines is 1. The van der Waals surface area contributed by atoms with E-state index in [-0.39, 0.29) is 11.6 Å². The highest BCUT2D eigenvalue weighted by Gasteiger charge is 2.28. The van der Waals surface area contributed by atoms with E-state index in [0.29, 0.717) is 5.13 Å². The first-order valence-electron chi connectivity index (χ1n) is 7.81. The third-order valence-corrected chi connectivity index (χ3v) is 4.76. The summed E-state index contributed by atoms with van der Waals surface area (Å²) in [6.07, 6.45) is 3.98. The first-order chi connectivity index (χ1) is 12.3. The average molecular weight is 371 g/mol. The van der Waals surface area contributed by atoms with Gasteiger partial charge in [-0.1, -0.05) is 24.5 Å². The number of aromatic nitrogens is 3. The van der Waals surface area contributed by atoms with Crippen LogP contribution in [0, 0.1) is 0 Å². The maximum atomic E-state index is 13.3. The SMILES string of the molecule is C=C/C(F)=C\C(=C)NC(C)(C)C(=O)Nc1nc2ccc3[nH]ncc3c2s1. The summed E-state index contributed by atoms with van der Waals surface area (Å²) in [6.45, 7) is 10.4. The zero-order valence-corrected chi connectivity index (χ0v) is 15.2. The quantitative estimate of drug-likeness (QED) is 0.571. The Balaban J connectivity index is 1.79. The number of thiazole rings is 1. The van der Waals surface area contributed by atoms with Crippen molar-refractivity contribution >= 4 is 43.5 Å². The number of anilines is 1. The van der Waals surface area contributed by atoms with Crippen LogP contribution in [0.5, 0.6) is 0 Å². The van der Waals surface area contributed by atoms with Gasteiger partial charge in [-0.25, -0.2) is 9.37 Å². The predicted molar refractivity (Wildman–Crippen MR) is 104 cm³/mol. The maximum absolute atomic E-state index is 13.3. The molecule has 0 radical (unpaired) electrons. The third kappa shape index (κ3) is 3.50. The first-order valence-corrected chi connectivity index (χ1v) is 8.62.